The summed E-state index contributed by atoms with van der Waals surface area (Å²) in [5.74, 6) is 0.00217. The van der Waals surface area contributed by atoms with E-state index < -0.39 is 0 Å². The minimum atomic E-state index is -0.0472. The molecule has 1 saturated heterocycles. The molecule has 0 aromatic heterocycles. The second-order valence-electron chi connectivity index (χ2n) is 4.98. The number of carbonyl (C=O) groups is 1. The van der Waals surface area contributed by atoms with Gasteiger partial charge in [0.25, 0.3) is 0 Å². The Morgan fingerprint density at radius 2 is 2.05 bits per heavy atom. The highest BCUT2D eigenvalue weighted by Crippen LogP contribution is 2.17. The third kappa shape index (κ3) is 3.95. The Hall–Kier alpha value is -1.59. The molecule has 0 saturated carbocycles. The Bertz CT molecular complexity index is 442. The van der Waals surface area contributed by atoms with Crippen molar-refractivity contribution in [2.24, 2.45) is 0 Å². The fourth-order valence-corrected chi connectivity index (χ4v) is 2.35. The summed E-state index contributed by atoms with van der Waals surface area (Å²) in [5, 5.41) is 8.62. The summed E-state index contributed by atoms with van der Waals surface area (Å²) in [6.45, 7) is 5.44. The van der Waals surface area contributed by atoms with E-state index >= 15 is 0 Å². The Kier molecular flexibility index (Phi) is 5.38. The van der Waals surface area contributed by atoms with E-state index in [4.69, 9.17) is 9.84 Å². The second kappa shape index (κ2) is 7.26. The van der Waals surface area contributed by atoms with Gasteiger partial charge >= 0.3 is 0 Å². The third-order valence-electron chi connectivity index (χ3n) is 3.46. The number of hydrogen-bond acceptors (Lipinski definition) is 4. The van der Waals surface area contributed by atoms with Gasteiger partial charge in [0.05, 0.1) is 13.2 Å². The monoisotopic (exact) mass is 278 g/mol. The van der Waals surface area contributed by atoms with Gasteiger partial charge in [-0.2, -0.15) is 0 Å². The summed E-state index contributed by atoms with van der Waals surface area (Å²) in [7, 11) is 0. The maximum Gasteiger partial charge on any atom is 0.248 e. The molecule has 5 nitrogen and oxygen atoms in total. The van der Waals surface area contributed by atoms with Crippen LogP contribution >= 0.6 is 0 Å². The van der Waals surface area contributed by atoms with Crippen molar-refractivity contribution in [2.45, 2.75) is 6.92 Å². The fourth-order valence-electron chi connectivity index (χ4n) is 2.35. The molecular formula is C15H22N2O3. The van der Waals surface area contributed by atoms with E-state index in [1.54, 1.807) is 0 Å². The first-order valence-corrected chi connectivity index (χ1v) is 6.98. The largest absolute Gasteiger partial charge is 0.394 e. The van der Waals surface area contributed by atoms with Gasteiger partial charge in [-0.3, -0.25) is 4.79 Å². The number of aryl methyl sites for hydroxylation is 1. The van der Waals surface area contributed by atoms with Crippen LogP contribution in [-0.4, -0.2) is 61.9 Å². The van der Waals surface area contributed by atoms with Crippen molar-refractivity contribution in [3.8, 4) is 0 Å². The second-order valence-corrected chi connectivity index (χ2v) is 4.98. The van der Waals surface area contributed by atoms with E-state index in [2.05, 4.69) is 36.1 Å². The predicted molar refractivity (Wildman–Crippen MR) is 77.9 cm³/mol. The van der Waals surface area contributed by atoms with E-state index in [0.717, 1.165) is 26.2 Å². The predicted octanol–water partition coefficient (Wildman–Crippen LogP) is 0.653. The van der Waals surface area contributed by atoms with Crippen molar-refractivity contribution in [2.75, 3.05) is 50.9 Å². The SMILES string of the molecule is Cc1cccc(N2CCN(C(=O)COCCO)CC2)c1. The molecule has 1 fully saturated rings. The molecule has 1 aromatic carbocycles. The molecule has 0 bridgehead atoms. The smallest absolute Gasteiger partial charge is 0.248 e. The van der Waals surface area contributed by atoms with Crippen molar-refractivity contribution in [1.29, 1.82) is 0 Å². The molecule has 1 aromatic rings. The summed E-state index contributed by atoms with van der Waals surface area (Å²) >= 11 is 0. The summed E-state index contributed by atoms with van der Waals surface area (Å²) < 4.78 is 5.07. The van der Waals surface area contributed by atoms with Gasteiger partial charge in [0.2, 0.25) is 5.91 Å². The van der Waals surface area contributed by atoms with Crippen LogP contribution in [0, 0.1) is 6.92 Å². The van der Waals surface area contributed by atoms with Gasteiger partial charge in [0, 0.05) is 31.9 Å². The highest BCUT2D eigenvalue weighted by molar-refractivity contribution is 5.77. The van der Waals surface area contributed by atoms with E-state index in [1.165, 1.54) is 11.3 Å². The molecule has 1 N–H and O–H groups in total. The van der Waals surface area contributed by atoms with Crippen LogP contribution in [0.3, 0.4) is 0 Å². The molecular weight excluding hydrogens is 256 g/mol. The maximum atomic E-state index is 11.9. The number of rotatable bonds is 5. The lowest BCUT2D eigenvalue weighted by molar-refractivity contribution is -0.136. The number of hydrogen-bond donors (Lipinski definition) is 1. The quantitative estimate of drug-likeness (QED) is 0.804. The van der Waals surface area contributed by atoms with Crippen molar-refractivity contribution < 1.29 is 14.6 Å². The molecule has 2 rings (SSSR count). The molecule has 1 aliphatic rings. The molecule has 0 unspecified atom stereocenters. The first kappa shape index (κ1) is 14.8. The number of anilines is 1. The highest BCUT2D eigenvalue weighted by Gasteiger charge is 2.21. The van der Waals surface area contributed by atoms with Gasteiger partial charge in [-0.05, 0) is 24.6 Å². The standard InChI is InChI=1S/C15H22N2O3/c1-13-3-2-4-14(11-13)16-5-7-17(8-6-16)15(19)12-20-10-9-18/h2-4,11,18H,5-10,12H2,1H3. The van der Waals surface area contributed by atoms with E-state index in [1.807, 2.05) is 4.90 Å². The molecule has 1 heterocycles. The fraction of sp³-hybridized carbons (Fsp3) is 0.533. The Labute approximate surface area is 119 Å². The van der Waals surface area contributed by atoms with Gasteiger partial charge in [0.1, 0.15) is 6.61 Å². The number of aliphatic hydroxyl groups excluding tert-OH is 1. The topological polar surface area (TPSA) is 53.0 Å². The van der Waals surface area contributed by atoms with Gasteiger partial charge in [-0.1, -0.05) is 12.1 Å². The van der Waals surface area contributed by atoms with Crippen molar-refractivity contribution in [3.63, 3.8) is 0 Å². The maximum absolute atomic E-state index is 11.9. The molecule has 0 atom stereocenters. The minimum absolute atomic E-state index is 0.00217. The van der Waals surface area contributed by atoms with Gasteiger partial charge < -0.3 is 19.6 Å². The number of amides is 1. The lowest BCUT2D eigenvalue weighted by atomic mass is 10.2. The molecule has 5 heteroatoms. The molecule has 20 heavy (non-hydrogen) atoms. The lowest BCUT2D eigenvalue weighted by Gasteiger charge is -2.36. The molecule has 1 amide bonds. The van der Waals surface area contributed by atoms with Crippen LogP contribution in [0.4, 0.5) is 5.69 Å². The molecule has 0 spiro atoms. The number of aliphatic hydroxyl groups is 1. The van der Waals surface area contributed by atoms with Crippen LogP contribution < -0.4 is 4.90 Å². The first-order chi connectivity index (χ1) is 9.70. The molecule has 0 aliphatic carbocycles. The number of nitrogens with zero attached hydrogens (tertiary/aromatic N) is 2. The molecule has 0 radical (unpaired) electrons. The van der Waals surface area contributed by atoms with Crippen molar-refractivity contribution in [1.82, 2.24) is 4.90 Å². The zero-order valence-corrected chi connectivity index (χ0v) is 11.9. The number of carbonyl (C=O) groups excluding carboxylic acids is 1. The Balaban J connectivity index is 1.81. The number of benzene rings is 1. The van der Waals surface area contributed by atoms with E-state index in [0.29, 0.717) is 0 Å². The highest BCUT2D eigenvalue weighted by atomic mass is 16.5. The third-order valence-corrected chi connectivity index (χ3v) is 3.46. The summed E-state index contributed by atoms with van der Waals surface area (Å²) in [5.41, 5.74) is 2.46. The zero-order chi connectivity index (χ0) is 14.4. The van der Waals surface area contributed by atoms with Crippen LogP contribution in [0.2, 0.25) is 0 Å². The zero-order valence-electron chi connectivity index (χ0n) is 11.9. The van der Waals surface area contributed by atoms with Gasteiger partial charge in [0.15, 0.2) is 0 Å². The normalized spacial score (nSPS) is 15.5. The molecule has 1 aliphatic heterocycles. The summed E-state index contributed by atoms with van der Waals surface area (Å²) in [6, 6.07) is 8.42. The summed E-state index contributed by atoms with van der Waals surface area (Å²) in [4.78, 5) is 16.0. The van der Waals surface area contributed by atoms with Crippen LogP contribution in [0.1, 0.15) is 5.56 Å². The lowest BCUT2D eigenvalue weighted by Crippen LogP contribution is -2.49. The Morgan fingerprint density at radius 3 is 2.70 bits per heavy atom. The van der Waals surface area contributed by atoms with E-state index in [9.17, 15) is 4.79 Å². The average Bonchev–Trinajstić information content (AvgIpc) is 2.47. The van der Waals surface area contributed by atoms with Crippen molar-refractivity contribution in [3.05, 3.63) is 29.8 Å². The Morgan fingerprint density at radius 1 is 1.30 bits per heavy atom. The van der Waals surface area contributed by atoms with Crippen LogP contribution in [0.5, 0.6) is 0 Å². The number of ether oxygens (including phenoxy) is 1. The number of piperazine rings is 1. The first-order valence-electron chi connectivity index (χ1n) is 6.98. The minimum Gasteiger partial charge on any atom is -0.394 e. The van der Waals surface area contributed by atoms with E-state index in [-0.39, 0.29) is 25.7 Å². The van der Waals surface area contributed by atoms with Crippen LogP contribution in [0.25, 0.3) is 0 Å². The van der Waals surface area contributed by atoms with Crippen LogP contribution in [0.15, 0.2) is 24.3 Å². The van der Waals surface area contributed by atoms with Crippen LogP contribution in [-0.2, 0) is 9.53 Å². The van der Waals surface area contributed by atoms with Gasteiger partial charge in [-0.25, -0.2) is 0 Å². The van der Waals surface area contributed by atoms with Gasteiger partial charge in [-0.15, -0.1) is 0 Å². The van der Waals surface area contributed by atoms with Crippen molar-refractivity contribution >= 4 is 11.6 Å². The average molecular weight is 278 g/mol. The summed E-state index contributed by atoms with van der Waals surface area (Å²) in [6.07, 6.45) is 0. The molecule has 110 valence electrons.